The van der Waals surface area contributed by atoms with E-state index in [0.29, 0.717) is 11.3 Å². The van der Waals surface area contributed by atoms with Gasteiger partial charge in [0.15, 0.2) is 5.15 Å². The molecule has 0 spiro atoms. The maximum atomic E-state index is 13.7. The lowest BCUT2D eigenvalue weighted by atomic mass is 10.1. The molecule has 0 saturated heterocycles. The van der Waals surface area contributed by atoms with Crippen LogP contribution in [0.1, 0.15) is 21.5 Å². The summed E-state index contributed by atoms with van der Waals surface area (Å²) in [4.78, 5) is 15.9. The number of hydrogen-bond donors (Lipinski definition) is 1. The topological polar surface area (TPSA) is 42.0 Å². The summed E-state index contributed by atoms with van der Waals surface area (Å²) >= 11 is 11.7. The van der Waals surface area contributed by atoms with E-state index in [-0.39, 0.29) is 15.9 Å². The molecule has 0 atom stereocenters. The van der Waals surface area contributed by atoms with Crippen molar-refractivity contribution >= 4 is 34.8 Å². The van der Waals surface area contributed by atoms with Crippen molar-refractivity contribution in [3.8, 4) is 0 Å². The van der Waals surface area contributed by atoms with Crippen LogP contribution >= 0.6 is 23.2 Å². The molecule has 0 aliphatic rings. The second kappa shape index (κ2) is 5.77. The monoisotopic (exact) mass is 312 g/mol. The summed E-state index contributed by atoms with van der Waals surface area (Å²) in [6, 6.07) is 5.94. The Labute approximate surface area is 125 Å². The van der Waals surface area contributed by atoms with Gasteiger partial charge in [-0.15, -0.1) is 0 Å². The molecule has 20 heavy (non-hydrogen) atoms. The standard InChI is InChI=1S/C14H11Cl2FN2O/c1-7-3-4-9(10(17)5-7)14(20)19-12-8(2)6-11(15)18-13(12)16/h3-6H,1-2H3,(H,19,20). The van der Waals surface area contributed by atoms with Gasteiger partial charge in [0, 0.05) is 0 Å². The largest absolute Gasteiger partial charge is 0.319 e. The number of hydrogen-bond acceptors (Lipinski definition) is 2. The lowest BCUT2D eigenvalue weighted by Gasteiger charge is -2.11. The fourth-order valence-electron chi connectivity index (χ4n) is 1.73. The molecule has 1 aromatic carbocycles. The van der Waals surface area contributed by atoms with Gasteiger partial charge in [-0.25, -0.2) is 9.37 Å². The van der Waals surface area contributed by atoms with Crippen LogP contribution in [-0.2, 0) is 0 Å². The number of carbonyl (C=O) groups is 1. The van der Waals surface area contributed by atoms with Gasteiger partial charge in [0.05, 0.1) is 11.3 Å². The molecule has 0 bridgehead atoms. The first-order valence-corrected chi connectivity index (χ1v) is 6.54. The molecule has 0 saturated carbocycles. The molecular weight excluding hydrogens is 302 g/mol. The van der Waals surface area contributed by atoms with Crippen LogP contribution in [0.2, 0.25) is 10.3 Å². The molecule has 2 rings (SSSR count). The zero-order chi connectivity index (χ0) is 14.9. The molecular formula is C14H11Cl2FN2O. The Morgan fingerprint density at radius 1 is 1.25 bits per heavy atom. The van der Waals surface area contributed by atoms with Gasteiger partial charge in [-0.1, -0.05) is 29.3 Å². The van der Waals surface area contributed by atoms with Crippen LogP contribution in [0.15, 0.2) is 24.3 Å². The van der Waals surface area contributed by atoms with E-state index < -0.39 is 11.7 Å². The van der Waals surface area contributed by atoms with Crippen molar-refractivity contribution in [2.24, 2.45) is 0 Å². The highest BCUT2D eigenvalue weighted by molar-refractivity contribution is 6.35. The smallest absolute Gasteiger partial charge is 0.258 e. The van der Waals surface area contributed by atoms with Gasteiger partial charge < -0.3 is 5.32 Å². The second-order valence-electron chi connectivity index (χ2n) is 4.37. The Balaban J connectivity index is 2.33. The quantitative estimate of drug-likeness (QED) is 0.835. The van der Waals surface area contributed by atoms with Crippen LogP contribution in [0.25, 0.3) is 0 Å². The predicted octanol–water partition coefficient (Wildman–Crippen LogP) is 4.40. The number of halogens is 3. The fourth-order valence-corrected chi connectivity index (χ4v) is 2.31. The van der Waals surface area contributed by atoms with Gasteiger partial charge in [0.1, 0.15) is 11.0 Å². The van der Waals surface area contributed by atoms with Gasteiger partial charge in [-0.05, 0) is 43.2 Å². The summed E-state index contributed by atoms with van der Waals surface area (Å²) < 4.78 is 13.7. The highest BCUT2D eigenvalue weighted by atomic mass is 35.5. The fraction of sp³-hybridized carbons (Fsp3) is 0.143. The summed E-state index contributed by atoms with van der Waals surface area (Å²) in [6.45, 7) is 3.47. The van der Waals surface area contributed by atoms with Gasteiger partial charge in [-0.2, -0.15) is 0 Å². The number of aromatic nitrogens is 1. The molecule has 2 aromatic rings. The Morgan fingerprint density at radius 2 is 1.95 bits per heavy atom. The normalized spacial score (nSPS) is 10.4. The maximum absolute atomic E-state index is 13.7. The van der Waals surface area contributed by atoms with E-state index in [1.807, 2.05) is 0 Å². The number of pyridine rings is 1. The minimum atomic E-state index is -0.586. The third-order valence-electron chi connectivity index (χ3n) is 2.75. The van der Waals surface area contributed by atoms with E-state index in [1.165, 1.54) is 12.1 Å². The van der Waals surface area contributed by atoms with Gasteiger partial charge in [0.2, 0.25) is 0 Å². The average Bonchev–Trinajstić information content (AvgIpc) is 2.33. The zero-order valence-corrected chi connectivity index (χ0v) is 12.3. The number of anilines is 1. The first-order chi connectivity index (χ1) is 9.38. The van der Waals surface area contributed by atoms with Crippen LogP contribution in [0, 0.1) is 19.7 Å². The van der Waals surface area contributed by atoms with Crippen molar-refractivity contribution in [2.45, 2.75) is 13.8 Å². The highest BCUT2D eigenvalue weighted by Crippen LogP contribution is 2.27. The van der Waals surface area contributed by atoms with Crippen LogP contribution < -0.4 is 5.32 Å². The number of rotatable bonds is 2. The molecule has 1 N–H and O–H groups in total. The highest BCUT2D eigenvalue weighted by Gasteiger charge is 2.15. The molecule has 1 aromatic heterocycles. The first-order valence-electron chi connectivity index (χ1n) is 5.78. The third kappa shape index (κ3) is 3.08. The average molecular weight is 313 g/mol. The number of aryl methyl sites for hydroxylation is 2. The number of carbonyl (C=O) groups excluding carboxylic acids is 1. The number of nitrogens with one attached hydrogen (secondary N) is 1. The Hall–Kier alpha value is -1.65. The maximum Gasteiger partial charge on any atom is 0.258 e. The number of amides is 1. The molecule has 0 aliphatic carbocycles. The van der Waals surface area contributed by atoms with E-state index in [1.54, 1.807) is 26.0 Å². The van der Waals surface area contributed by atoms with E-state index in [9.17, 15) is 9.18 Å². The minimum absolute atomic E-state index is 0.0546. The van der Waals surface area contributed by atoms with Gasteiger partial charge >= 0.3 is 0 Å². The zero-order valence-electron chi connectivity index (χ0n) is 10.8. The SMILES string of the molecule is Cc1ccc(C(=O)Nc2c(C)cc(Cl)nc2Cl)c(F)c1. The molecule has 1 heterocycles. The minimum Gasteiger partial charge on any atom is -0.319 e. The van der Waals surface area contributed by atoms with E-state index >= 15 is 0 Å². The summed E-state index contributed by atoms with van der Waals surface area (Å²) in [5.41, 5.74) is 1.65. The van der Waals surface area contributed by atoms with Crippen LogP contribution in [0.4, 0.5) is 10.1 Å². The van der Waals surface area contributed by atoms with Crippen LogP contribution in [0.5, 0.6) is 0 Å². The molecule has 1 amide bonds. The molecule has 0 radical (unpaired) electrons. The van der Waals surface area contributed by atoms with E-state index in [0.717, 1.165) is 5.56 Å². The Morgan fingerprint density at radius 3 is 2.55 bits per heavy atom. The molecule has 3 nitrogen and oxygen atoms in total. The van der Waals surface area contributed by atoms with Crippen molar-refractivity contribution in [1.29, 1.82) is 0 Å². The molecule has 6 heteroatoms. The molecule has 104 valence electrons. The van der Waals surface area contributed by atoms with E-state index in [2.05, 4.69) is 10.3 Å². The van der Waals surface area contributed by atoms with Crippen molar-refractivity contribution in [1.82, 2.24) is 4.98 Å². The lowest BCUT2D eigenvalue weighted by Crippen LogP contribution is -2.15. The Bertz CT molecular complexity index is 666. The van der Waals surface area contributed by atoms with E-state index in [4.69, 9.17) is 23.2 Å². The van der Waals surface area contributed by atoms with Crippen molar-refractivity contribution in [3.63, 3.8) is 0 Å². The Kier molecular flexibility index (Phi) is 4.26. The third-order valence-corrected chi connectivity index (χ3v) is 3.22. The van der Waals surface area contributed by atoms with Crippen LogP contribution in [-0.4, -0.2) is 10.9 Å². The second-order valence-corrected chi connectivity index (χ2v) is 5.11. The first kappa shape index (κ1) is 14.8. The van der Waals surface area contributed by atoms with Gasteiger partial charge in [0.25, 0.3) is 5.91 Å². The summed E-state index contributed by atoms with van der Waals surface area (Å²) in [7, 11) is 0. The van der Waals surface area contributed by atoms with Crippen LogP contribution in [0.3, 0.4) is 0 Å². The summed E-state index contributed by atoms with van der Waals surface area (Å²) in [5, 5.41) is 2.84. The predicted molar refractivity (Wildman–Crippen MR) is 78.1 cm³/mol. The summed E-state index contributed by atoms with van der Waals surface area (Å²) in [5.74, 6) is -1.17. The number of nitrogens with zero attached hydrogens (tertiary/aromatic N) is 1. The molecule has 0 fully saturated rings. The number of benzene rings is 1. The van der Waals surface area contributed by atoms with Crippen molar-refractivity contribution in [2.75, 3.05) is 5.32 Å². The van der Waals surface area contributed by atoms with Crippen molar-refractivity contribution in [3.05, 3.63) is 57.1 Å². The molecule has 0 unspecified atom stereocenters. The van der Waals surface area contributed by atoms with Gasteiger partial charge in [-0.3, -0.25) is 4.79 Å². The lowest BCUT2D eigenvalue weighted by molar-refractivity contribution is 0.102. The molecule has 0 aliphatic heterocycles. The van der Waals surface area contributed by atoms with Crippen molar-refractivity contribution < 1.29 is 9.18 Å². The summed E-state index contributed by atoms with van der Waals surface area (Å²) in [6.07, 6.45) is 0.